The number of fused-ring (bicyclic) bond motifs is 1. The average Bonchev–Trinajstić information content (AvgIpc) is 3.26. The number of benzene rings is 1. The highest BCUT2D eigenvalue weighted by molar-refractivity contribution is 7.22. The highest BCUT2D eigenvalue weighted by Crippen LogP contribution is 2.35. The normalized spacial score (nSPS) is 11.4. The molecule has 1 amide bonds. The molecule has 1 aromatic carbocycles. The van der Waals surface area contributed by atoms with Crippen molar-refractivity contribution in [3.63, 3.8) is 0 Å². The number of hydrogen-bond donors (Lipinski definition) is 0. The Balaban J connectivity index is 1.97. The Labute approximate surface area is 182 Å². The molecule has 0 aliphatic carbocycles. The van der Waals surface area contributed by atoms with Gasteiger partial charge in [0, 0.05) is 13.1 Å². The maximum Gasteiger partial charge on any atom is 0.262 e. The summed E-state index contributed by atoms with van der Waals surface area (Å²) in [5.74, 6) is 0.572. The molecule has 3 aromatic rings. The third kappa shape index (κ3) is 4.60. The van der Waals surface area contributed by atoms with Crippen LogP contribution in [0.5, 0.6) is 5.75 Å². The molecule has 2 heterocycles. The molecular weight excluding hydrogens is 437 g/mol. The quantitative estimate of drug-likeness (QED) is 0.437. The van der Waals surface area contributed by atoms with E-state index < -0.39 is 0 Å². The van der Waals surface area contributed by atoms with Crippen LogP contribution in [0.4, 0.5) is 5.13 Å². The molecule has 150 valence electrons. The van der Waals surface area contributed by atoms with Crippen molar-refractivity contribution in [3.8, 4) is 5.75 Å². The first-order valence-electron chi connectivity index (χ1n) is 8.90. The molecule has 28 heavy (non-hydrogen) atoms. The van der Waals surface area contributed by atoms with E-state index in [1.807, 2.05) is 18.2 Å². The molecule has 0 saturated carbocycles. The van der Waals surface area contributed by atoms with Gasteiger partial charge in [0.15, 0.2) is 5.13 Å². The van der Waals surface area contributed by atoms with Crippen LogP contribution in [-0.2, 0) is 0 Å². The smallest absolute Gasteiger partial charge is 0.262 e. The summed E-state index contributed by atoms with van der Waals surface area (Å²) in [5, 5.41) is 0.638. The lowest BCUT2D eigenvalue weighted by Gasteiger charge is -2.24. The zero-order valence-corrected chi connectivity index (χ0v) is 19.0. The standard InChI is InChI=1S/C19H21Cl2N3O2S2/c1-4-23(5-2)8-9-24(18(25)13-11-16(20)28-17(13)21)19-22-14-7-6-12(26-3)10-15(14)27-19/h6-7,10-11H,4-5,8-9H2,1-3H3. The number of carbonyl (C=O) groups is 1. The van der Waals surface area contributed by atoms with Crippen LogP contribution >= 0.6 is 45.9 Å². The van der Waals surface area contributed by atoms with Gasteiger partial charge in [0.05, 0.1) is 27.2 Å². The predicted octanol–water partition coefficient (Wildman–Crippen LogP) is 5.66. The minimum absolute atomic E-state index is 0.189. The van der Waals surface area contributed by atoms with Gasteiger partial charge >= 0.3 is 0 Å². The predicted molar refractivity (Wildman–Crippen MR) is 120 cm³/mol. The van der Waals surface area contributed by atoms with Crippen LogP contribution in [0, 0.1) is 0 Å². The minimum atomic E-state index is -0.189. The van der Waals surface area contributed by atoms with Gasteiger partial charge in [-0.15, -0.1) is 11.3 Å². The van der Waals surface area contributed by atoms with Crippen molar-refractivity contribution in [1.29, 1.82) is 0 Å². The zero-order valence-electron chi connectivity index (χ0n) is 15.9. The lowest BCUT2D eigenvalue weighted by Crippen LogP contribution is -2.38. The SMILES string of the molecule is CCN(CC)CCN(C(=O)c1cc(Cl)sc1Cl)c1nc2ccc(OC)cc2s1. The molecule has 2 aromatic heterocycles. The van der Waals surface area contributed by atoms with E-state index in [2.05, 4.69) is 23.7 Å². The van der Waals surface area contributed by atoms with Crippen LogP contribution in [0.15, 0.2) is 24.3 Å². The number of carbonyl (C=O) groups excluding carboxylic acids is 1. The largest absolute Gasteiger partial charge is 0.497 e. The maximum absolute atomic E-state index is 13.3. The second kappa shape index (κ2) is 9.41. The van der Waals surface area contributed by atoms with Crippen molar-refractivity contribution in [2.45, 2.75) is 13.8 Å². The minimum Gasteiger partial charge on any atom is -0.497 e. The summed E-state index contributed by atoms with van der Waals surface area (Å²) in [6.07, 6.45) is 0. The number of methoxy groups -OCH3 is 1. The van der Waals surface area contributed by atoms with Crippen molar-refractivity contribution >= 4 is 67.1 Å². The van der Waals surface area contributed by atoms with Crippen molar-refractivity contribution < 1.29 is 9.53 Å². The molecule has 0 aliphatic heterocycles. The zero-order chi connectivity index (χ0) is 20.3. The highest BCUT2D eigenvalue weighted by Gasteiger charge is 2.25. The van der Waals surface area contributed by atoms with Gasteiger partial charge in [-0.1, -0.05) is 48.4 Å². The Hall–Kier alpha value is -1.38. The van der Waals surface area contributed by atoms with E-state index in [-0.39, 0.29) is 5.91 Å². The van der Waals surface area contributed by atoms with Crippen LogP contribution in [0.2, 0.25) is 8.67 Å². The van der Waals surface area contributed by atoms with Gasteiger partial charge in [-0.05, 0) is 37.4 Å². The van der Waals surface area contributed by atoms with E-state index >= 15 is 0 Å². The van der Waals surface area contributed by atoms with Crippen LogP contribution in [0.3, 0.4) is 0 Å². The molecule has 0 radical (unpaired) electrons. The van der Waals surface area contributed by atoms with E-state index in [9.17, 15) is 4.79 Å². The summed E-state index contributed by atoms with van der Waals surface area (Å²) in [5.41, 5.74) is 1.24. The Morgan fingerprint density at radius 1 is 1.14 bits per heavy atom. The molecule has 0 fully saturated rings. The molecule has 0 atom stereocenters. The first-order valence-corrected chi connectivity index (χ1v) is 11.3. The number of likely N-dealkylation sites (N-methyl/N-ethyl adjacent to an activating group) is 1. The number of amides is 1. The lowest BCUT2D eigenvalue weighted by atomic mass is 10.3. The van der Waals surface area contributed by atoms with Crippen molar-refractivity contribution in [3.05, 3.63) is 38.5 Å². The number of thiophene rings is 1. The summed E-state index contributed by atoms with van der Waals surface area (Å²) in [6.45, 7) is 7.31. The van der Waals surface area contributed by atoms with E-state index in [0.717, 1.165) is 35.6 Å². The number of nitrogens with zero attached hydrogens (tertiary/aromatic N) is 3. The lowest BCUT2D eigenvalue weighted by molar-refractivity contribution is 0.0984. The van der Waals surface area contributed by atoms with Gasteiger partial charge in [-0.3, -0.25) is 9.69 Å². The molecule has 0 bridgehead atoms. The number of ether oxygens (including phenoxy) is 1. The molecule has 3 rings (SSSR count). The van der Waals surface area contributed by atoms with Crippen LogP contribution in [-0.4, -0.2) is 49.1 Å². The van der Waals surface area contributed by atoms with Crippen LogP contribution in [0.1, 0.15) is 24.2 Å². The van der Waals surface area contributed by atoms with Crippen molar-refractivity contribution in [2.75, 3.05) is 38.2 Å². The summed E-state index contributed by atoms with van der Waals surface area (Å²) >= 11 is 15.0. The Morgan fingerprint density at radius 3 is 2.50 bits per heavy atom. The molecule has 9 heteroatoms. The molecule has 0 N–H and O–H groups in total. The van der Waals surface area contributed by atoms with Crippen LogP contribution < -0.4 is 9.64 Å². The van der Waals surface area contributed by atoms with Gasteiger partial charge in [-0.25, -0.2) is 4.98 Å². The van der Waals surface area contributed by atoms with Gasteiger partial charge in [0.2, 0.25) is 0 Å². The fourth-order valence-corrected chi connectivity index (χ4v) is 5.30. The summed E-state index contributed by atoms with van der Waals surface area (Å²) < 4.78 is 7.14. The fourth-order valence-electron chi connectivity index (χ4n) is 2.83. The van der Waals surface area contributed by atoms with Gasteiger partial charge in [0.1, 0.15) is 10.1 Å². The van der Waals surface area contributed by atoms with Gasteiger partial charge in [-0.2, -0.15) is 0 Å². The number of hydrogen-bond acceptors (Lipinski definition) is 6. The molecule has 0 saturated heterocycles. The Kier molecular flexibility index (Phi) is 7.17. The third-order valence-corrected chi connectivity index (χ3v) is 7.01. The molecule has 5 nitrogen and oxygen atoms in total. The number of aromatic nitrogens is 1. The number of halogens is 2. The van der Waals surface area contributed by atoms with E-state index in [1.165, 1.54) is 22.7 Å². The van der Waals surface area contributed by atoms with Gasteiger partial charge in [0.25, 0.3) is 5.91 Å². The fraction of sp³-hybridized carbons (Fsp3) is 0.368. The number of anilines is 1. The maximum atomic E-state index is 13.3. The number of rotatable bonds is 8. The Morgan fingerprint density at radius 2 is 1.89 bits per heavy atom. The molecular formula is C19H21Cl2N3O2S2. The second-order valence-electron chi connectivity index (χ2n) is 6.05. The second-order valence-corrected chi connectivity index (χ2v) is 9.35. The Bertz CT molecular complexity index is 969. The summed E-state index contributed by atoms with van der Waals surface area (Å²) in [7, 11) is 1.63. The van der Waals surface area contributed by atoms with E-state index in [0.29, 0.717) is 25.9 Å². The van der Waals surface area contributed by atoms with Crippen molar-refractivity contribution in [2.24, 2.45) is 0 Å². The first kappa shape index (κ1) is 21.3. The molecule has 0 aliphatic rings. The average molecular weight is 458 g/mol. The topological polar surface area (TPSA) is 45.7 Å². The summed E-state index contributed by atoms with van der Waals surface area (Å²) in [6, 6.07) is 7.31. The van der Waals surface area contributed by atoms with E-state index in [4.69, 9.17) is 27.9 Å². The third-order valence-electron chi connectivity index (χ3n) is 4.48. The number of thiazole rings is 1. The first-order chi connectivity index (χ1) is 13.5. The van der Waals surface area contributed by atoms with Gasteiger partial charge < -0.3 is 9.64 Å². The van der Waals surface area contributed by atoms with Crippen molar-refractivity contribution in [1.82, 2.24) is 9.88 Å². The van der Waals surface area contributed by atoms with E-state index in [1.54, 1.807) is 18.1 Å². The van der Waals surface area contributed by atoms with Crippen LogP contribution in [0.25, 0.3) is 10.2 Å². The monoisotopic (exact) mass is 457 g/mol. The highest BCUT2D eigenvalue weighted by atomic mass is 35.5. The summed E-state index contributed by atoms with van der Waals surface area (Å²) in [4.78, 5) is 21.9. The molecule has 0 unspecified atom stereocenters. The molecule has 0 spiro atoms.